The van der Waals surface area contributed by atoms with Crippen LogP contribution in [-0.4, -0.2) is 67.5 Å². The second-order valence-electron chi connectivity index (χ2n) is 9.48. The summed E-state index contributed by atoms with van der Waals surface area (Å²) in [6.45, 7) is 0. The molecule has 3 rings (SSSR count). The molecule has 47 heavy (non-hydrogen) atoms. The molecule has 1 aliphatic rings. The van der Waals surface area contributed by atoms with Crippen molar-refractivity contribution in [2.75, 3.05) is 0 Å². The van der Waals surface area contributed by atoms with Crippen LogP contribution in [0.2, 0.25) is 0 Å². The lowest BCUT2D eigenvalue weighted by Crippen LogP contribution is -2.66. The Morgan fingerprint density at radius 3 is 1.68 bits per heavy atom. The van der Waals surface area contributed by atoms with Crippen molar-refractivity contribution in [3.8, 4) is 11.1 Å². The van der Waals surface area contributed by atoms with Gasteiger partial charge in [-0.05, 0) is 34.7 Å². The van der Waals surface area contributed by atoms with Gasteiger partial charge in [0.1, 0.15) is 0 Å². The topological polar surface area (TPSA) is 55.7 Å². The molecule has 0 heterocycles. The molecule has 0 unspecified atom stereocenters. The zero-order valence-electron chi connectivity index (χ0n) is 21.6. The van der Waals surface area contributed by atoms with Crippen molar-refractivity contribution in [1.29, 1.82) is 0 Å². The number of benzene rings is 2. The number of oxime groups is 1. The Hall–Kier alpha value is -3.47. The van der Waals surface area contributed by atoms with Crippen molar-refractivity contribution in [2.24, 2.45) is 5.16 Å². The fourth-order valence-corrected chi connectivity index (χ4v) is 4.64. The molecule has 0 amide bonds. The monoisotopic (exact) mass is 741 g/mol. The molecule has 4 nitrogen and oxygen atoms in total. The van der Waals surface area contributed by atoms with Gasteiger partial charge in [-0.25, -0.2) is 8.78 Å². The number of halogens is 19. The highest BCUT2D eigenvalue weighted by Crippen LogP contribution is 2.57. The van der Waals surface area contributed by atoms with Gasteiger partial charge in [0.15, 0.2) is 5.71 Å². The van der Waals surface area contributed by atoms with E-state index in [2.05, 4.69) is 4.28 Å². The minimum Gasteiger partial charge on any atom is -0.263 e. The van der Waals surface area contributed by atoms with Gasteiger partial charge in [0.25, 0.3) is 0 Å². The van der Waals surface area contributed by atoms with E-state index in [0.717, 1.165) is 0 Å². The highest BCUT2D eigenvalue weighted by molar-refractivity contribution is 7.87. The van der Waals surface area contributed by atoms with Crippen molar-refractivity contribution >= 4 is 15.8 Å². The Bertz CT molecular complexity index is 1670. The van der Waals surface area contributed by atoms with Crippen LogP contribution in [0.25, 0.3) is 11.1 Å². The average Bonchev–Trinajstić information content (AvgIpc) is 3.29. The van der Waals surface area contributed by atoms with E-state index in [1.165, 1.54) is 29.4 Å². The first-order valence-corrected chi connectivity index (χ1v) is 13.0. The van der Waals surface area contributed by atoms with Gasteiger partial charge in [-0.15, -0.1) is 0 Å². The molecule has 0 aromatic heterocycles. The van der Waals surface area contributed by atoms with Gasteiger partial charge in [-0.3, -0.25) is 4.28 Å². The van der Waals surface area contributed by atoms with Crippen LogP contribution in [0, 0.1) is 0 Å². The first-order valence-electron chi connectivity index (χ1n) is 11.6. The number of hydrogen-bond acceptors (Lipinski definition) is 4. The van der Waals surface area contributed by atoms with E-state index in [0.29, 0.717) is 11.6 Å². The Morgan fingerprint density at radius 2 is 1.17 bits per heavy atom. The second-order valence-corrected chi connectivity index (χ2v) is 11.1. The molecular weight excluding hydrogens is 731 g/mol. The summed E-state index contributed by atoms with van der Waals surface area (Å²) in [5.41, 5.74) is -5.02. The Kier molecular flexibility index (Phi) is 8.92. The standard InChI is InChI=1S/C23H10F19NO3S/c24-15(25)17(28,29)19(32,33)18(30,31)16(26,27)14(10-5-6-13-11(8-10)7-9-3-1-2-4-12(9)13)43-46-47(44,45)23(41,42)21(36,37)20(34,35)22(38,39)40/h1-6,8,15H,7H2. The smallest absolute Gasteiger partial charge is 0.263 e. The van der Waals surface area contributed by atoms with Crippen LogP contribution in [0.4, 0.5) is 83.4 Å². The second kappa shape index (κ2) is 11.0. The molecule has 0 saturated heterocycles. The van der Waals surface area contributed by atoms with Gasteiger partial charge in [-0.1, -0.05) is 41.6 Å². The summed E-state index contributed by atoms with van der Waals surface area (Å²) in [7, 11) is -8.29. The van der Waals surface area contributed by atoms with Crippen LogP contribution in [-0.2, 0) is 20.8 Å². The van der Waals surface area contributed by atoms with E-state index in [-0.39, 0.29) is 35.2 Å². The van der Waals surface area contributed by atoms with Crippen molar-refractivity contribution in [1.82, 2.24) is 0 Å². The van der Waals surface area contributed by atoms with E-state index in [1.807, 2.05) is 0 Å². The van der Waals surface area contributed by atoms with Gasteiger partial charge in [0.05, 0.1) is 0 Å². The Balaban J connectivity index is 2.27. The lowest BCUT2D eigenvalue weighted by Gasteiger charge is -2.36. The van der Waals surface area contributed by atoms with Crippen molar-refractivity contribution in [3.05, 3.63) is 59.2 Å². The molecule has 0 aliphatic heterocycles. The van der Waals surface area contributed by atoms with Crippen LogP contribution in [0.3, 0.4) is 0 Å². The van der Waals surface area contributed by atoms with E-state index >= 15 is 8.78 Å². The molecule has 0 radical (unpaired) electrons. The summed E-state index contributed by atoms with van der Waals surface area (Å²) >= 11 is 0. The SMILES string of the molecule is O=S(=O)(ON=C(c1ccc2c(c1)Cc1ccccc1-2)C(F)(F)C(F)(F)C(F)(F)C(F)(F)C(F)F)C(F)(F)C(F)(F)C(F)(F)C(F)(F)F. The molecule has 1 aliphatic carbocycles. The molecule has 0 N–H and O–H groups in total. The van der Waals surface area contributed by atoms with Crippen LogP contribution in [0.15, 0.2) is 47.6 Å². The number of fused-ring (bicyclic) bond motifs is 3. The zero-order chi connectivity index (χ0) is 36.6. The Morgan fingerprint density at radius 1 is 0.660 bits per heavy atom. The van der Waals surface area contributed by atoms with Crippen LogP contribution >= 0.6 is 0 Å². The average molecular weight is 741 g/mol. The number of nitrogens with zero attached hydrogens (tertiary/aromatic N) is 1. The largest absolute Gasteiger partial charge is 0.460 e. The molecular formula is C23H10F19NO3S. The highest BCUT2D eigenvalue weighted by atomic mass is 32.2. The van der Waals surface area contributed by atoms with Gasteiger partial charge in [0.2, 0.25) is 0 Å². The number of hydrogen-bond donors (Lipinski definition) is 0. The normalized spacial score (nSPS) is 16.0. The fourth-order valence-electron chi connectivity index (χ4n) is 3.93. The Labute approximate surface area is 247 Å². The van der Waals surface area contributed by atoms with E-state index in [9.17, 15) is 83.1 Å². The fraction of sp³-hybridized carbons (Fsp3) is 0.435. The van der Waals surface area contributed by atoms with Crippen LogP contribution in [0.5, 0.6) is 0 Å². The lowest BCUT2D eigenvalue weighted by molar-refractivity contribution is -0.382. The molecule has 0 fully saturated rings. The van der Waals surface area contributed by atoms with Crippen molar-refractivity contribution in [3.63, 3.8) is 0 Å². The van der Waals surface area contributed by atoms with Gasteiger partial charge >= 0.3 is 63.5 Å². The number of alkyl halides is 19. The number of rotatable bonds is 11. The molecule has 0 atom stereocenters. The summed E-state index contributed by atoms with van der Waals surface area (Å²) < 4.78 is 284. The van der Waals surface area contributed by atoms with E-state index in [1.54, 1.807) is 0 Å². The molecule has 24 heteroatoms. The van der Waals surface area contributed by atoms with Crippen LogP contribution < -0.4 is 0 Å². The molecule has 2 aromatic rings. The van der Waals surface area contributed by atoms with Gasteiger partial charge < -0.3 is 0 Å². The van der Waals surface area contributed by atoms with Gasteiger partial charge in [-0.2, -0.15) is 83.1 Å². The predicted octanol–water partition coefficient (Wildman–Crippen LogP) is 8.54. The third kappa shape index (κ3) is 5.42. The lowest BCUT2D eigenvalue weighted by atomic mass is 9.91. The summed E-state index contributed by atoms with van der Waals surface area (Å²) in [6, 6.07) is 6.48. The minimum atomic E-state index is -8.29. The maximum absolute atomic E-state index is 15.1. The summed E-state index contributed by atoms with van der Waals surface area (Å²) in [6.07, 6.45) is -13.8. The quantitative estimate of drug-likeness (QED) is 0.113. The van der Waals surface area contributed by atoms with Gasteiger partial charge in [0, 0.05) is 5.56 Å². The predicted molar refractivity (Wildman–Crippen MR) is 118 cm³/mol. The highest BCUT2D eigenvalue weighted by Gasteiger charge is 2.87. The molecule has 264 valence electrons. The first kappa shape index (κ1) is 38.0. The molecule has 0 spiro atoms. The summed E-state index contributed by atoms with van der Waals surface area (Å²) in [5.74, 6) is -46.3. The molecule has 0 saturated carbocycles. The summed E-state index contributed by atoms with van der Waals surface area (Å²) in [5, 5.41) is -6.41. The third-order valence-electron chi connectivity index (χ3n) is 6.50. The molecule has 0 bridgehead atoms. The molecule has 2 aromatic carbocycles. The maximum atomic E-state index is 15.1. The van der Waals surface area contributed by atoms with E-state index < -0.39 is 74.8 Å². The van der Waals surface area contributed by atoms with E-state index in [4.69, 9.17) is 0 Å². The third-order valence-corrected chi connectivity index (χ3v) is 7.66. The zero-order valence-corrected chi connectivity index (χ0v) is 22.4. The van der Waals surface area contributed by atoms with Crippen LogP contribution in [0.1, 0.15) is 16.7 Å². The van der Waals surface area contributed by atoms with Crippen molar-refractivity contribution in [2.45, 2.75) is 59.8 Å². The van der Waals surface area contributed by atoms with Crippen molar-refractivity contribution < 1.29 is 96.1 Å². The summed E-state index contributed by atoms with van der Waals surface area (Å²) in [4.78, 5) is 0. The minimum absolute atomic E-state index is 0.0161. The maximum Gasteiger partial charge on any atom is 0.460 e. The first-order chi connectivity index (χ1) is 20.8.